The van der Waals surface area contributed by atoms with Crippen LogP contribution < -0.4 is 11.1 Å². The number of nitrogen functional groups attached to an aromatic ring is 1. The SMILES string of the molecule is C[C@H](COCC(F)(F)F)Nc1ncnc(N)c1Cl. The maximum absolute atomic E-state index is 11.8. The lowest BCUT2D eigenvalue weighted by atomic mass is 10.3. The van der Waals surface area contributed by atoms with Crippen LogP contribution in [0.5, 0.6) is 0 Å². The number of halogens is 4. The van der Waals surface area contributed by atoms with Gasteiger partial charge in [0.2, 0.25) is 0 Å². The lowest BCUT2D eigenvalue weighted by Crippen LogP contribution is -2.26. The molecular weight excluding hydrogens is 273 g/mol. The minimum absolute atomic E-state index is 0.0950. The first kappa shape index (κ1) is 14.8. The van der Waals surface area contributed by atoms with Crippen molar-refractivity contribution >= 4 is 23.2 Å². The van der Waals surface area contributed by atoms with Crippen molar-refractivity contribution in [2.75, 3.05) is 24.3 Å². The second-order valence-corrected chi connectivity index (χ2v) is 3.98. The van der Waals surface area contributed by atoms with Crippen molar-refractivity contribution in [1.82, 2.24) is 9.97 Å². The van der Waals surface area contributed by atoms with Gasteiger partial charge in [0.05, 0.1) is 6.61 Å². The number of nitrogens with zero attached hydrogens (tertiary/aromatic N) is 2. The first-order chi connectivity index (χ1) is 8.29. The Balaban J connectivity index is 2.45. The smallest absolute Gasteiger partial charge is 0.382 e. The number of nitrogens with two attached hydrogens (primary N) is 1. The largest absolute Gasteiger partial charge is 0.411 e. The van der Waals surface area contributed by atoms with E-state index in [4.69, 9.17) is 17.3 Å². The van der Waals surface area contributed by atoms with Crippen LogP contribution in [-0.2, 0) is 4.74 Å². The van der Waals surface area contributed by atoms with Gasteiger partial charge in [0, 0.05) is 6.04 Å². The van der Waals surface area contributed by atoms with Gasteiger partial charge in [-0.25, -0.2) is 9.97 Å². The van der Waals surface area contributed by atoms with E-state index < -0.39 is 18.8 Å². The Morgan fingerprint density at radius 3 is 2.78 bits per heavy atom. The highest BCUT2D eigenvalue weighted by atomic mass is 35.5. The molecule has 9 heteroatoms. The number of anilines is 2. The Bertz CT molecular complexity index is 402. The molecule has 1 rings (SSSR count). The lowest BCUT2D eigenvalue weighted by molar-refractivity contribution is -0.174. The molecule has 18 heavy (non-hydrogen) atoms. The first-order valence-corrected chi connectivity index (χ1v) is 5.34. The molecule has 0 unspecified atom stereocenters. The van der Waals surface area contributed by atoms with Crippen LogP contribution in [0, 0.1) is 0 Å². The molecule has 0 amide bonds. The zero-order valence-electron chi connectivity index (χ0n) is 9.46. The fourth-order valence-corrected chi connectivity index (χ4v) is 1.26. The van der Waals surface area contributed by atoms with Crippen molar-refractivity contribution in [2.45, 2.75) is 19.1 Å². The molecule has 0 radical (unpaired) electrons. The summed E-state index contributed by atoms with van der Waals surface area (Å²) in [6, 6.07) is -0.404. The Hall–Kier alpha value is -1.28. The molecule has 0 aliphatic heterocycles. The number of alkyl halides is 3. The third-order valence-corrected chi connectivity index (χ3v) is 2.21. The first-order valence-electron chi connectivity index (χ1n) is 4.96. The van der Waals surface area contributed by atoms with E-state index in [0.29, 0.717) is 0 Å². The number of rotatable bonds is 5. The summed E-state index contributed by atoms with van der Waals surface area (Å²) in [7, 11) is 0. The molecule has 0 bridgehead atoms. The van der Waals surface area contributed by atoms with Gasteiger partial charge >= 0.3 is 6.18 Å². The molecule has 0 aliphatic rings. The molecule has 0 aromatic carbocycles. The molecule has 3 N–H and O–H groups in total. The third kappa shape index (κ3) is 4.92. The van der Waals surface area contributed by atoms with E-state index >= 15 is 0 Å². The van der Waals surface area contributed by atoms with Crippen molar-refractivity contribution in [1.29, 1.82) is 0 Å². The van der Waals surface area contributed by atoms with Crippen LogP contribution >= 0.6 is 11.6 Å². The Labute approximate surface area is 106 Å². The third-order valence-electron chi connectivity index (χ3n) is 1.83. The lowest BCUT2D eigenvalue weighted by Gasteiger charge is -2.16. The number of ether oxygens (including phenoxy) is 1. The Morgan fingerprint density at radius 2 is 2.17 bits per heavy atom. The quantitative estimate of drug-likeness (QED) is 0.866. The monoisotopic (exact) mass is 284 g/mol. The van der Waals surface area contributed by atoms with Gasteiger partial charge in [-0.3, -0.25) is 0 Å². The van der Waals surface area contributed by atoms with Crippen LogP contribution in [0.2, 0.25) is 5.02 Å². The van der Waals surface area contributed by atoms with Crippen LogP contribution in [-0.4, -0.2) is 35.4 Å². The molecule has 0 aliphatic carbocycles. The van der Waals surface area contributed by atoms with E-state index in [0.717, 1.165) is 0 Å². The molecule has 5 nitrogen and oxygen atoms in total. The summed E-state index contributed by atoms with van der Waals surface area (Å²) in [4.78, 5) is 7.48. The zero-order valence-corrected chi connectivity index (χ0v) is 10.2. The molecule has 102 valence electrons. The molecule has 0 spiro atoms. The fourth-order valence-electron chi connectivity index (χ4n) is 1.11. The zero-order chi connectivity index (χ0) is 13.8. The van der Waals surface area contributed by atoms with Gasteiger partial charge in [-0.15, -0.1) is 0 Å². The van der Waals surface area contributed by atoms with E-state index in [1.807, 2.05) is 0 Å². The van der Waals surface area contributed by atoms with Gasteiger partial charge in [-0.1, -0.05) is 11.6 Å². The number of aromatic nitrogens is 2. The molecule has 0 fully saturated rings. The van der Waals surface area contributed by atoms with Crippen LogP contribution in [0.3, 0.4) is 0 Å². The van der Waals surface area contributed by atoms with Crippen molar-refractivity contribution in [3.05, 3.63) is 11.3 Å². The van der Waals surface area contributed by atoms with E-state index in [9.17, 15) is 13.2 Å². The summed E-state index contributed by atoms with van der Waals surface area (Å²) in [5.74, 6) is 0.352. The van der Waals surface area contributed by atoms with Gasteiger partial charge in [-0.05, 0) is 6.92 Å². The van der Waals surface area contributed by atoms with Gasteiger partial charge in [0.1, 0.15) is 23.8 Å². The van der Waals surface area contributed by atoms with E-state index in [1.54, 1.807) is 6.92 Å². The maximum Gasteiger partial charge on any atom is 0.411 e. The minimum atomic E-state index is -4.34. The van der Waals surface area contributed by atoms with Crippen molar-refractivity contribution in [3.8, 4) is 0 Å². The summed E-state index contributed by atoms with van der Waals surface area (Å²) in [5.41, 5.74) is 5.45. The van der Waals surface area contributed by atoms with Gasteiger partial charge in [-0.2, -0.15) is 13.2 Å². The molecule has 0 saturated carbocycles. The molecule has 0 saturated heterocycles. The summed E-state index contributed by atoms with van der Waals surface area (Å²) < 4.78 is 40.0. The van der Waals surface area contributed by atoms with Crippen molar-refractivity contribution in [2.24, 2.45) is 0 Å². The second kappa shape index (κ2) is 6.05. The number of hydrogen-bond donors (Lipinski definition) is 2. The molecule has 1 atom stereocenters. The van der Waals surface area contributed by atoms with Gasteiger partial charge < -0.3 is 15.8 Å². The Morgan fingerprint density at radius 1 is 1.50 bits per heavy atom. The predicted molar refractivity (Wildman–Crippen MR) is 61.4 cm³/mol. The minimum Gasteiger partial charge on any atom is -0.382 e. The number of hydrogen-bond acceptors (Lipinski definition) is 5. The highest BCUT2D eigenvalue weighted by molar-refractivity contribution is 6.35. The van der Waals surface area contributed by atoms with Gasteiger partial charge in [0.15, 0.2) is 5.82 Å². The average molecular weight is 285 g/mol. The number of nitrogens with one attached hydrogen (secondary N) is 1. The average Bonchev–Trinajstić information content (AvgIpc) is 2.23. The second-order valence-electron chi connectivity index (χ2n) is 3.60. The van der Waals surface area contributed by atoms with Gasteiger partial charge in [0.25, 0.3) is 0 Å². The summed E-state index contributed by atoms with van der Waals surface area (Å²) in [6.45, 7) is 0.198. The molecule has 1 aromatic rings. The van der Waals surface area contributed by atoms with Crippen molar-refractivity contribution in [3.63, 3.8) is 0 Å². The topological polar surface area (TPSA) is 73.1 Å². The van der Waals surface area contributed by atoms with E-state index in [2.05, 4.69) is 20.0 Å². The maximum atomic E-state index is 11.8. The Kier molecular flexibility index (Phi) is 4.97. The van der Waals surface area contributed by atoms with Crippen molar-refractivity contribution < 1.29 is 17.9 Å². The van der Waals surface area contributed by atoms with Crippen LogP contribution in [0.4, 0.5) is 24.8 Å². The van der Waals surface area contributed by atoms with E-state index in [1.165, 1.54) is 6.33 Å². The normalized spacial score (nSPS) is 13.4. The standard InChI is InChI=1S/C9H12ClF3N4O/c1-5(2-18-3-9(11,12)13)17-8-6(10)7(14)15-4-16-8/h4-5H,2-3H2,1H3,(H3,14,15,16,17)/t5-/m1/s1. The van der Waals surface area contributed by atoms with Crippen LogP contribution in [0.25, 0.3) is 0 Å². The molecule has 1 aromatic heterocycles. The van der Waals surface area contributed by atoms with E-state index in [-0.39, 0.29) is 23.3 Å². The summed E-state index contributed by atoms with van der Waals surface area (Å²) in [5, 5.41) is 2.91. The van der Waals surface area contributed by atoms with Crippen LogP contribution in [0.15, 0.2) is 6.33 Å². The summed E-state index contributed by atoms with van der Waals surface area (Å²) in [6.07, 6.45) is -3.14. The summed E-state index contributed by atoms with van der Waals surface area (Å²) >= 11 is 5.81. The molecular formula is C9H12ClF3N4O. The fraction of sp³-hybridized carbons (Fsp3) is 0.556. The van der Waals surface area contributed by atoms with Crippen LogP contribution in [0.1, 0.15) is 6.92 Å². The predicted octanol–water partition coefficient (Wildman–Crippen LogP) is 2.09. The highest BCUT2D eigenvalue weighted by Gasteiger charge is 2.27. The highest BCUT2D eigenvalue weighted by Crippen LogP contribution is 2.23. The molecule has 1 heterocycles.